The zero-order chi connectivity index (χ0) is 14.8. The smallest absolute Gasteiger partial charge is 0.256 e. The number of hydrogen-bond acceptors (Lipinski definition) is 2. The first-order chi connectivity index (χ1) is 10.1. The molecule has 2 aromatic carbocycles. The number of anilines is 1. The molecular formula is C17H13IN2O. The maximum atomic E-state index is 12.5. The van der Waals surface area contributed by atoms with Gasteiger partial charge in [-0.2, -0.15) is 0 Å². The van der Waals surface area contributed by atoms with Crippen molar-refractivity contribution in [1.29, 1.82) is 0 Å². The van der Waals surface area contributed by atoms with Gasteiger partial charge in [0, 0.05) is 14.7 Å². The molecule has 0 atom stereocenters. The molecule has 21 heavy (non-hydrogen) atoms. The van der Waals surface area contributed by atoms with Crippen LogP contribution in [0, 0.1) is 10.5 Å². The molecule has 1 heterocycles. The van der Waals surface area contributed by atoms with Gasteiger partial charge in [-0.3, -0.25) is 9.78 Å². The zero-order valence-corrected chi connectivity index (χ0v) is 13.6. The van der Waals surface area contributed by atoms with E-state index in [0.717, 1.165) is 25.9 Å². The van der Waals surface area contributed by atoms with E-state index in [-0.39, 0.29) is 5.91 Å². The Bertz CT molecular complexity index is 830. The van der Waals surface area contributed by atoms with E-state index < -0.39 is 0 Å². The topological polar surface area (TPSA) is 42.0 Å². The minimum absolute atomic E-state index is 0.101. The minimum Gasteiger partial charge on any atom is -0.321 e. The average molecular weight is 388 g/mol. The number of nitrogens with zero attached hydrogens (tertiary/aromatic N) is 1. The number of carbonyl (C=O) groups is 1. The number of halogens is 1. The molecule has 1 aromatic heterocycles. The second kappa shape index (κ2) is 5.81. The van der Waals surface area contributed by atoms with Crippen molar-refractivity contribution < 1.29 is 4.79 Å². The summed E-state index contributed by atoms with van der Waals surface area (Å²) in [5.74, 6) is -0.101. The van der Waals surface area contributed by atoms with Gasteiger partial charge in [-0.05, 0) is 53.8 Å². The third kappa shape index (κ3) is 2.90. The van der Waals surface area contributed by atoms with Gasteiger partial charge in [-0.25, -0.2) is 0 Å². The number of nitrogens with one attached hydrogen (secondary N) is 1. The predicted octanol–water partition coefficient (Wildman–Crippen LogP) is 4.40. The highest BCUT2D eigenvalue weighted by molar-refractivity contribution is 14.1. The third-order valence-electron chi connectivity index (χ3n) is 3.21. The zero-order valence-electron chi connectivity index (χ0n) is 11.4. The average Bonchev–Trinajstić information content (AvgIpc) is 2.47. The molecular weight excluding hydrogens is 375 g/mol. The number of rotatable bonds is 2. The molecule has 3 aromatic rings. The lowest BCUT2D eigenvalue weighted by Crippen LogP contribution is -2.14. The van der Waals surface area contributed by atoms with Crippen LogP contribution in [0.5, 0.6) is 0 Å². The van der Waals surface area contributed by atoms with Crippen LogP contribution in [-0.2, 0) is 0 Å². The monoisotopic (exact) mass is 388 g/mol. The largest absolute Gasteiger partial charge is 0.321 e. The Hall–Kier alpha value is -1.95. The molecule has 0 bridgehead atoms. The predicted molar refractivity (Wildman–Crippen MR) is 93.6 cm³/mol. The van der Waals surface area contributed by atoms with Crippen LogP contribution >= 0.6 is 22.6 Å². The van der Waals surface area contributed by atoms with Crippen molar-refractivity contribution in [3.63, 3.8) is 0 Å². The van der Waals surface area contributed by atoms with Crippen LogP contribution in [0.1, 0.15) is 16.1 Å². The molecule has 0 saturated carbocycles. The number of aryl methyl sites for hydroxylation is 1. The van der Waals surface area contributed by atoms with E-state index in [1.54, 1.807) is 0 Å². The normalized spacial score (nSPS) is 10.6. The molecule has 0 spiro atoms. The highest BCUT2D eigenvalue weighted by Crippen LogP contribution is 2.24. The molecule has 3 nitrogen and oxygen atoms in total. The van der Waals surface area contributed by atoms with E-state index in [1.807, 2.05) is 61.5 Å². The highest BCUT2D eigenvalue weighted by Gasteiger charge is 2.11. The van der Waals surface area contributed by atoms with Gasteiger partial charge in [-0.15, -0.1) is 0 Å². The summed E-state index contributed by atoms with van der Waals surface area (Å²) >= 11 is 2.17. The molecule has 1 amide bonds. The summed E-state index contributed by atoms with van der Waals surface area (Å²) in [5.41, 5.74) is 3.24. The summed E-state index contributed by atoms with van der Waals surface area (Å²) in [6, 6.07) is 17.2. The van der Waals surface area contributed by atoms with Crippen molar-refractivity contribution in [2.75, 3.05) is 5.32 Å². The Morgan fingerprint density at radius 1 is 1.10 bits per heavy atom. The van der Waals surface area contributed by atoms with Gasteiger partial charge < -0.3 is 5.32 Å². The molecule has 0 unspecified atom stereocenters. The number of benzene rings is 2. The second-order valence-electron chi connectivity index (χ2n) is 4.76. The van der Waals surface area contributed by atoms with Crippen LogP contribution in [0.2, 0.25) is 0 Å². The molecule has 104 valence electrons. The Labute approximate surface area is 136 Å². The van der Waals surface area contributed by atoms with E-state index >= 15 is 0 Å². The van der Waals surface area contributed by atoms with Gasteiger partial charge in [0.15, 0.2) is 0 Å². The van der Waals surface area contributed by atoms with Crippen LogP contribution in [0.15, 0.2) is 54.6 Å². The number of fused-ring (bicyclic) bond motifs is 1. The van der Waals surface area contributed by atoms with Gasteiger partial charge >= 0.3 is 0 Å². The molecule has 0 aliphatic rings. The fourth-order valence-corrected chi connectivity index (χ4v) is 2.88. The maximum Gasteiger partial charge on any atom is 0.256 e. The fourth-order valence-electron chi connectivity index (χ4n) is 2.25. The Kier molecular flexibility index (Phi) is 3.88. The van der Waals surface area contributed by atoms with E-state index in [0.29, 0.717) is 5.56 Å². The molecule has 0 aliphatic heterocycles. The van der Waals surface area contributed by atoms with Crippen molar-refractivity contribution in [2.45, 2.75) is 6.92 Å². The molecule has 3 rings (SSSR count). The van der Waals surface area contributed by atoms with E-state index in [2.05, 4.69) is 32.9 Å². The summed E-state index contributed by atoms with van der Waals surface area (Å²) in [4.78, 5) is 16.9. The lowest BCUT2D eigenvalue weighted by Gasteiger charge is -2.10. The minimum atomic E-state index is -0.101. The first-order valence-corrected chi connectivity index (χ1v) is 7.65. The SMILES string of the molecule is Cc1cc(NC(=O)c2ccccc2I)c2ccccc2n1. The number of pyridine rings is 1. The maximum absolute atomic E-state index is 12.5. The molecule has 0 fully saturated rings. The summed E-state index contributed by atoms with van der Waals surface area (Å²) in [7, 11) is 0. The van der Waals surface area contributed by atoms with Gasteiger partial charge in [0.1, 0.15) is 0 Å². The molecule has 1 N–H and O–H groups in total. The van der Waals surface area contributed by atoms with Crippen LogP contribution in [0.3, 0.4) is 0 Å². The lowest BCUT2D eigenvalue weighted by atomic mass is 10.1. The lowest BCUT2D eigenvalue weighted by molar-refractivity contribution is 0.102. The Morgan fingerprint density at radius 3 is 2.62 bits per heavy atom. The number of aromatic nitrogens is 1. The van der Waals surface area contributed by atoms with Crippen LogP contribution in [-0.4, -0.2) is 10.9 Å². The highest BCUT2D eigenvalue weighted by atomic mass is 127. The summed E-state index contributed by atoms with van der Waals surface area (Å²) in [6.45, 7) is 1.92. The van der Waals surface area contributed by atoms with Crippen LogP contribution < -0.4 is 5.32 Å². The number of carbonyl (C=O) groups excluding carboxylic acids is 1. The molecule has 0 aliphatic carbocycles. The molecule has 0 radical (unpaired) electrons. The summed E-state index contributed by atoms with van der Waals surface area (Å²) in [5, 5.41) is 3.95. The summed E-state index contributed by atoms with van der Waals surface area (Å²) < 4.78 is 0.933. The van der Waals surface area contributed by atoms with Crippen LogP contribution in [0.4, 0.5) is 5.69 Å². The Balaban J connectivity index is 2.02. The number of amides is 1. The van der Waals surface area contributed by atoms with Gasteiger partial charge in [0.2, 0.25) is 0 Å². The summed E-state index contributed by atoms with van der Waals surface area (Å²) in [6.07, 6.45) is 0. The van der Waals surface area contributed by atoms with E-state index in [1.165, 1.54) is 0 Å². The van der Waals surface area contributed by atoms with Crippen molar-refractivity contribution in [1.82, 2.24) is 4.98 Å². The standard InChI is InChI=1S/C17H13IN2O/c1-11-10-16(13-7-3-5-9-15(13)19-11)20-17(21)12-6-2-4-8-14(12)18/h2-10H,1H3,(H,19,20,21). The van der Waals surface area contributed by atoms with Gasteiger partial charge in [0.05, 0.1) is 16.8 Å². The van der Waals surface area contributed by atoms with Gasteiger partial charge in [-0.1, -0.05) is 30.3 Å². The van der Waals surface area contributed by atoms with Crippen molar-refractivity contribution in [2.24, 2.45) is 0 Å². The van der Waals surface area contributed by atoms with E-state index in [4.69, 9.17) is 0 Å². The van der Waals surface area contributed by atoms with Crippen LogP contribution in [0.25, 0.3) is 10.9 Å². The Morgan fingerprint density at radius 2 is 1.81 bits per heavy atom. The number of para-hydroxylation sites is 1. The third-order valence-corrected chi connectivity index (χ3v) is 4.15. The number of hydrogen-bond donors (Lipinski definition) is 1. The quantitative estimate of drug-likeness (QED) is 0.662. The first kappa shape index (κ1) is 14.0. The molecule has 4 heteroatoms. The molecule has 0 saturated heterocycles. The first-order valence-electron chi connectivity index (χ1n) is 6.57. The van der Waals surface area contributed by atoms with Gasteiger partial charge in [0.25, 0.3) is 5.91 Å². The second-order valence-corrected chi connectivity index (χ2v) is 5.92. The van der Waals surface area contributed by atoms with Crippen molar-refractivity contribution in [3.05, 3.63) is 69.4 Å². The van der Waals surface area contributed by atoms with Crippen molar-refractivity contribution >= 4 is 45.1 Å². The fraction of sp³-hybridized carbons (Fsp3) is 0.0588. The van der Waals surface area contributed by atoms with E-state index in [9.17, 15) is 4.79 Å². The van der Waals surface area contributed by atoms with Crippen molar-refractivity contribution in [3.8, 4) is 0 Å².